The molecule has 0 saturated carbocycles. The van der Waals surface area contributed by atoms with Crippen LogP contribution in [0.15, 0.2) is 61.3 Å². The SMILES string of the molecule is C=C(C)C(=O)O.C=C(CC(=O)O)C(=O)O.C=CC(=O)O.CC=CC(=O)O.O=C(O)C=CC(=O)O. The molecule has 0 atom stereocenters. The van der Waals surface area contributed by atoms with Gasteiger partial charge in [-0.25, -0.2) is 28.8 Å². The second-order valence-electron chi connectivity index (χ2n) is 4.96. The summed E-state index contributed by atoms with van der Waals surface area (Å²) in [6.07, 6.45) is 4.00. The van der Waals surface area contributed by atoms with Gasteiger partial charge in [0, 0.05) is 35.5 Å². The summed E-state index contributed by atoms with van der Waals surface area (Å²) >= 11 is 0. The van der Waals surface area contributed by atoms with Crippen LogP contribution in [0.4, 0.5) is 0 Å². The molecule has 0 heterocycles. The van der Waals surface area contributed by atoms with Gasteiger partial charge in [0.25, 0.3) is 0 Å². The minimum absolute atomic E-state index is 0.176. The van der Waals surface area contributed by atoms with E-state index in [2.05, 4.69) is 19.7 Å². The lowest BCUT2D eigenvalue weighted by Gasteiger charge is -1.91. The number of carboxylic acids is 7. The van der Waals surface area contributed by atoms with E-state index in [1.807, 2.05) is 0 Å². The second kappa shape index (κ2) is 26.0. The smallest absolute Gasteiger partial charge is 0.331 e. The van der Waals surface area contributed by atoms with E-state index in [0.29, 0.717) is 12.2 Å². The van der Waals surface area contributed by atoms with E-state index in [-0.39, 0.29) is 11.1 Å². The van der Waals surface area contributed by atoms with Crippen LogP contribution in [0.25, 0.3) is 0 Å². The second-order valence-corrected chi connectivity index (χ2v) is 4.96. The van der Waals surface area contributed by atoms with Crippen LogP contribution < -0.4 is 0 Å². The molecule has 0 aliphatic heterocycles. The first kappa shape index (κ1) is 39.5. The molecule has 0 aliphatic carbocycles. The Balaban J connectivity index is -0.000000105. The molecule has 34 heavy (non-hydrogen) atoms. The molecule has 0 fully saturated rings. The third-order valence-electron chi connectivity index (χ3n) is 1.88. The Labute approximate surface area is 193 Å². The largest absolute Gasteiger partial charge is 0.481 e. The Bertz CT molecular complexity index is 787. The molecule has 14 nitrogen and oxygen atoms in total. The standard InChI is InChI=1S/C5H6O4.C4H4O4.2C4H6O2.C3H4O2/c1-3(5(8)9)2-4(6)7;5-3(6)1-2-4(7)8;1-3(2)4(5)6;1-2-3-4(5)6;1-2-3(4)5/h1-2H2,(H,6,7)(H,8,9);1-2H,(H,5,6)(H,7,8);1H2,2H3,(H,5,6);2-3H,1H3,(H,5,6);2H,1H2,(H,4,5). The van der Waals surface area contributed by atoms with Gasteiger partial charge in [-0.15, -0.1) is 0 Å². The first-order valence-electron chi connectivity index (χ1n) is 8.22. The number of allylic oxidation sites excluding steroid dienone is 1. The summed E-state index contributed by atoms with van der Waals surface area (Å²) < 4.78 is 0. The molecule has 0 aromatic rings. The molecule has 0 aromatic carbocycles. The van der Waals surface area contributed by atoms with Gasteiger partial charge in [-0.2, -0.15) is 0 Å². The van der Waals surface area contributed by atoms with Crippen molar-refractivity contribution in [3.05, 3.63) is 61.3 Å². The van der Waals surface area contributed by atoms with Gasteiger partial charge in [-0.05, 0) is 13.8 Å². The minimum Gasteiger partial charge on any atom is -0.481 e. The van der Waals surface area contributed by atoms with E-state index in [9.17, 15) is 33.6 Å². The number of carbonyl (C=O) groups is 7. The lowest BCUT2D eigenvalue weighted by molar-refractivity contribution is -0.139. The molecule has 0 aromatic heterocycles. The predicted octanol–water partition coefficient (Wildman–Crippen LogP) is 1.36. The summed E-state index contributed by atoms with van der Waals surface area (Å²) in [7, 11) is 0. The number of hydrogen-bond donors (Lipinski definition) is 7. The van der Waals surface area contributed by atoms with E-state index >= 15 is 0 Å². The van der Waals surface area contributed by atoms with Gasteiger partial charge in [0.15, 0.2) is 0 Å². The van der Waals surface area contributed by atoms with Gasteiger partial charge in [-0.3, -0.25) is 4.79 Å². The van der Waals surface area contributed by atoms with Crippen LogP contribution in [0.5, 0.6) is 0 Å². The molecule has 0 spiro atoms. The average Bonchev–Trinajstić information content (AvgIpc) is 2.67. The molecule has 190 valence electrons. The van der Waals surface area contributed by atoms with Gasteiger partial charge < -0.3 is 35.7 Å². The summed E-state index contributed by atoms with van der Waals surface area (Å²) in [5, 5.41) is 55.0. The summed E-state index contributed by atoms with van der Waals surface area (Å²) in [5.74, 6) is -7.77. The minimum atomic E-state index is -1.27. The monoisotopic (exact) mass is 490 g/mol. The van der Waals surface area contributed by atoms with Gasteiger partial charge in [0.05, 0.1) is 6.42 Å². The first-order chi connectivity index (χ1) is 15.3. The van der Waals surface area contributed by atoms with Crippen LogP contribution in [0.2, 0.25) is 0 Å². The van der Waals surface area contributed by atoms with Crippen molar-refractivity contribution < 1.29 is 69.3 Å². The Morgan fingerprint density at radius 2 is 0.941 bits per heavy atom. The van der Waals surface area contributed by atoms with Crippen molar-refractivity contribution in [2.24, 2.45) is 0 Å². The Morgan fingerprint density at radius 1 is 0.647 bits per heavy atom. The van der Waals surface area contributed by atoms with Crippen LogP contribution in [-0.4, -0.2) is 77.5 Å². The van der Waals surface area contributed by atoms with E-state index in [4.69, 9.17) is 35.7 Å². The number of rotatable bonds is 8. The highest BCUT2D eigenvalue weighted by Crippen LogP contribution is 1.95. The fourth-order valence-corrected chi connectivity index (χ4v) is 0.543. The van der Waals surface area contributed by atoms with Crippen molar-refractivity contribution in [3.8, 4) is 0 Å². The van der Waals surface area contributed by atoms with E-state index < -0.39 is 48.2 Å². The topological polar surface area (TPSA) is 261 Å². The maximum absolute atomic E-state index is 9.87. The summed E-state index contributed by atoms with van der Waals surface area (Å²) in [6.45, 7) is 12.2. The molecule has 7 N–H and O–H groups in total. The van der Waals surface area contributed by atoms with Crippen molar-refractivity contribution >= 4 is 41.8 Å². The van der Waals surface area contributed by atoms with Gasteiger partial charge >= 0.3 is 41.8 Å². The molecule has 0 saturated heterocycles. The van der Waals surface area contributed by atoms with Crippen LogP contribution in [0, 0.1) is 0 Å². The number of carboxylic acid groups (broad SMARTS) is 7. The van der Waals surface area contributed by atoms with Gasteiger partial charge in [0.1, 0.15) is 0 Å². The molecule has 0 amide bonds. The van der Waals surface area contributed by atoms with E-state index in [0.717, 1.165) is 12.2 Å². The Morgan fingerprint density at radius 3 is 1.00 bits per heavy atom. The molecular weight excluding hydrogens is 464 g/mol. The highest BCUT2D eigenvalue weighted by Gasteiger charge is 2.07. The third-order valence-corrected chi connectivity index (χ3v) is 1.88. The fraction of sp³-hybridized carbons (Fsp3) is 0.150. The molecule has 0 rings (SSSR count). The molecule has 0 bridgehead atoms. The highest BCUT2D eigenvalue weighted by molar-refractivity contribution is 5.91. The number of aliphatic carboxylic acids is 7. The maximum Gasteiger partial charge on any atom is 0.331 e. The van der Waals surface area contributed by atoms with Crippen LogP contribution in [0.1, 0.15) is 20.3 Å². The Hall–Kier alpha value is -5.01. The average molecular weight is 490 g/mol. The van der Waals surface area contributed by atoms with E-state index in [1.54, 1.807) is 6.92 Å². The third kappa shape index (κ3) is 63.2. The highest BCUT2D eigenvalue weighted by atomic mass is 16.4. The fourth-order valence-electron chi connectivity index (χ4n) is 0.543. The van der Waals surface area contributed by atoms with Crippen molar-refractivity contribution in [3.63, 3.8) is 0 Å². The molecule has 0 radical (unpaired) electrons. The zero-order valence-corrected chi connectivity index (χ0v) is 18.2. The molecule has 0 aliphatic rings. The van der Waals surface area contributed by atoms with Gasteiger partial charge in [-0.1, -0.05) is 25.8 Å². The summed E-state index contributed by atoms with van der Waals surface area (Å²) in [5.41, 5.74) is -0.127. The predicted molar refractivity (Wildman–Crippen MR) is 116 cm³/mol. The van der Waals surface area contributed by atoms with Crippen molar-refractivity contribution in [1.29, 1.82) is 0 Å². The summed E-state index contributed by atoms with van der Waals surface area (Å²) in [4.78, 5) is 67.1. The summed E-state index contributed by atoms with van der Waals surface area (Å²) in [6, 6.07) is 0. The lowest BCUT2D eigenvalue weighted by Crippen LogP contribution is -2.04. The van der Waals surface area contributed by atoms with Crippen LogP contribution >= 0.6 is 0 Å². The normalized spacial score (nSPS) is 8.41. The van der Waals surface area contributed by atoms with Crippen molar-refractivity contribution in [2.75, 3.05) is 0 Å². The van der Waals surface area contributed by atoms with E-state index in [1.165, 1.54) is 13.0 Å². The molecule has 14 heteroatoms. The maximum atomic E-state index is 9.87. The molecular formula is C20H26O14. The van der Waals surface area contributed by atoms with Crippen molar-refractivity contribution in [1.82, 2.24) is 0 Å². The zero-order chi connectivity index (χ0) is 28.4. The van der Waals surface area contributed by atoms with Gasteiger partial charge in [0.2, 0.25) is 0 Å². The Kier molecular flexibility index (Phi) is 30.2. The number of hydrogen-bond acceptors (Lipinski definition) is 7. The lowest BCUT2D eigenvalue weighted by atomic mass is 10.2. The zero-order valence-electron chi connectivity index (χ0n) is 18.2. The molecule has 0 unspecified atom stereocenters. The van der Waals surface area contributed by atoms with Crippen LogP contribution in [0.3, 0.4) is 0 Å². The van der Waals surface area contributed by atoms with Crippen molar-refractivity contribution in [2.45, 2.75) is 20.3 Å². The first-order valence-corrected chi connectivity index (χ1v) is 8.22. The van der Waals surface area contributed by atoms with Crippen LogP contribution in [-0.2, 0) is 33.6 Å². The quantitative estimate of drug-likeness (QED) is 0.237.